The van der Waals surface area contributed by atoms with Crippen molar-refractivity contribution < 1.29 is 13.2 Å². The molecule has 1 rings (SSSR count). The Morgan fingerprint density at radius 3 is 2.53 bits per heavy atom. The van der Waals surface area contributed by atoms with Gasteiger partial charge in [0.2, 0.25) is 10.0 Å². The number of halogens is 1. The molecule has 0 aromatic heterocycles. The number of nitrogens with one attached hydrogen (secondary N) is 1. The third-order valence-electron chi connectivity index (χ3n) is 2.12. The Kier molecular flexibility index (Phi) is 4.97. The molecule has 0 spiro atoms. The second-order valence-electron chi connectivity index (χ2n) is 4.04. The first-order chi connectivity index (χ1) is 7.86. The monoisotopic (exact) mass is 321 g/mol. The number of hydrogen-bond acceptors (Lipinski definition) is 3. The van der Waals surface area contributed by atoms with Gasteiger partial charge in [0, 0.05) is 6.54 Å². The molecule has 1 N–H and O–H groups in total. The van der Waals surface area contributed by atoms with Crippen LogP contribution in [0.3, 0.4) is 0 Å². The number of sulfonamides is 1. The predicted octanol–water partition coefficient (Wildman–Crippen LogP) is 2.39. The molecule has 0 fully saturated rings. The van der Waals surface area contributed by atoms with Gasteiger partial charge in [0.25, 0.3) is 0 Å². The first-order valence-electron chi connectivity index (χ1n) is 5.20. The lowest BCUT2D eigenvalue weighted by molar-refractivity contribution is 0.411. The van der Waals surface area contributed by atoms with Gasteiger partial charge in [0.05, 0.1) is 16.5 Å². The van der Waals surface area contributed by atoms with E-state index in [2.05, 4.69) is 20.7 Å². The van der Waals surface area contributed by atoms with Gasteiger partial charge in [0.1, 0.15) is 5.75 Å². The Labute approximate surface area is 111 Å². The minimum absolute atomic E-state index is 0.228. The van der Waals surface area contributed by atoms with Crippen LogP contribution in [0.5, 0.6) is 5.75 Å². The maximum absolute atomic E-state index is 11.9. The summed E-state index contributed by atoms with van der Waals surface area (Å²) in [5.41, 5.74) is 0. The SMILES string of the molecule is COc1ccc(S(=O)(=O)NCC(C)C)cc1Br. The number of methoxy groups -OCH3 is 1. The van der Waals surface area contributed by atoms with Crippen LogP contribution in [0.1, 0.15) is 13.8 Å². The van der Waals surface area contributed by atoms with Gasteiger partial charge in [-0.25, -0.2) is 13.1 Å². The summed E-state index contributed by atoms with van der Waals surface area (Å²) < 4.78 is 32.0. The van der Waals surface area contributed by atoms with Crippen LogP contribution in [-0.4, -0.2) is 22.1 Å². The average molecular weight is 322 g/mol. The van der Waals surface area contributed by atoms with Crippen LogP contribution in [0.25, 0.3) is 0 Å². The maximum atomic E-state index is 11.9. The van der Waals surface area contributed by atoms with Crippen molar-refractivity contribution in [2.75, 3.05) is 13.7 Å². The largest absolute Gasteiger partial charge is 0.496 e. The molecule has 0 amide bonds. The summed E-state index contributed by atoms with van der Waals surface area (Å²) in [7, 11) is -1.91. The average Bonchev–Trinajstić information content (AvgIpc) is 2.26. The molecule has 1 aromatic rings. The maximum Gasteiger partial charge on any atom is 0.240 e. The first kappa shape index (κ1) is 14.5. The summed E-state index contributed by atoms with van der Waals surface area (Å²) in [5, 5.41) is 0. The molecule has 0 saturated heterocycles. The summed E-state index contributed by atoms with van der Waals surface area (Å²) in [6.07, 6.45) is 0. The van der Waals surface area contributed by atoms with Crippen molar-refractivity contribution in [2.24, 2.45) is 5.92 Å². The lowest BCUT2D eigenvalue weighted by Crippen LogP contribution is -2.27. The minimum atomic E-state index is -3.44. The topological polar surface area (TPSA) is 55.4 Å². The number of benzene rings is 1. The fraction of sp³-hybridized carbons (Fsp3) is 0.455. The highest BCUT2D eigenvalue weighted by atomic mass is 79.9. The van der Waals surface area contributed by atoms with E-state index in [1.54, 1.807) is 6.07 Å². The fourth-order valence-corrected chi connectivity index (χ4v) is 3.11. The van der Waals surface area contributed by atoms with E-state index in [-0.39, 0.29) is 10.8 Å². The molecule has 0 saturated carbocycles. The molecule has 4 nitrogen and oxygen atoms in total. The molecule has 0 heterocycles. The van der Waals surface area contributed by atoms with E-state index in [1.807, 2.05) is 13.8 Å². The standard InChI is InChI=1S/C11H16BrNO3S/c1-8(2)7-13-17(14,15)9-4-5-11(16-3)10(12)6-9/h4-6,8,13H,7H2,1-3H3. The van der Waals surface area contributed by atoms with Crippen LogP contribution < -0.4 is 9.46 Å². The Morgan fingerprint density at radius 2 is 2.06 bits per heavy atom. The third-order valence-corrected chi connectivity index (χ3v) is 4.16. The molecule has 96 valence electrons. The zero-order chi connectivity index (χ0) is 13.1. The van der Waals surface area contributed by atoms with Crippen molar-refractivity contribution >= 4 is 26.0 Å². The van der Waals surface area contributed by atoms with E-state index < -0.39 is 10.0 Å². The molecule has 0 atom stereocenters. The van der Waals surface area contributed by atoms with Gasteiger partial charge >= 0.3 is 0 Å². The molecule has 17 heavy (non-hydrogen) atoms. The molecule has 0 unspecified atom stereocenters. The van der Waals surface area contributed by atoms with Crippen molar-refractivity contribution in [3.63, 3.8) is 0 Å². The lowest BCUT2D eigenvalue weighted by atomic mass is 10.2. The van der Waals surface area contributed by atoms with Gasteiger partial charge in [-0.2, -0.15) is 0 Å². The molecule has 0 aliphatic carbocycles. The van der Waals surface area contributed by atoms with E-state index >= 15 is 0 Å². The molecular formula is C11H16BrNO3S. The van der Waals surface area contributed by atoms with Crippen molar-refractivity contribution in [3.8, 4) is 5.75 Å². The second kappa shape index (κ2) is 5.84. The minimum Gasteiger partial charge on any atom is -0.496 e. The van der Waals surface area contributed by atoms with Crippen molar-refractivity contribution in [1.29, 1.82) is 0 Å². The molecule has 0 radical (unpaired) electrons. The van der Waals surface area contributed by atoms with E-state index in [0.29, 0.717) is 16.8 Å². The van der Waals surface area contributed by atoms with Crippen LogP contribution in [-0.2, 0) is 10.0 Å². The van der Waals surface area contributed by atoms with Gasteiger partial charge in [-0.3, -0.25) is 0 Å². The van der Waals surface area contributed by atoms with Crippen LogP contribution in [0.2, 0.25) is 0 Å². The van der Waals surface area contributed by atoms with E-state index in [0.717, 1.165) is 0 Å². The Balaban J connectivity index is 2.96. The zero-order valence-electron chi connectivity index (χ0n) is 10.0. The highest BCUT2D eigenvalue weighted by molar-refractivity contribution is 9.10. The molecule has 6 heteroatoms. The number of ether oxygens (including phenoxy) is 1. The van der Waals surface area contributed by atoms with E-state index in [1.165, 1.54) is 19.2 Å². The lowest BCUT2D eigenvalue weighted by Gasteiger charge is -2.10. The van der Waals surface area contributed by atoms with Crippen LogP contribution in [0.15, 0.2) is 27.6 Å². The quantitative estimate of drug-likeness (QED) is 0.906. The first-order valence-corrected chi connectivity index (χ1v) is 7.47. The van der Waals surface area contributed by atoms with E-state index in [9.17, 15) is 8.42 Å². The van der Waals surface area contributed by atoms with Crippen molar-refractivity contribution in [2.45, 2.75) is 18.7 Å². The highest BCUT2D eigenvalue weighted by Gasteiger charge is 2.15. The summed E-state index contributed by atoms with van der Waals surface area (Å²) in [5.74, 6) is 0.874. The number of rotatable bonds is 5. The van der Waals surface area contributed by atoms with Crippen LogP contribution in [0, 0.1) is 5.92 Å². The summed E-state index contributed by atoms with van der Waals surface area (Å²) in [4.78, 5) is 0.228. The Hall–Kier alpha value is -0.590. The molecule has 0 aliphatic rings. The molecule has 1 aromatic carbocycles. The summed E-state index contributed by atoms with van der Waals surface area (Å²) in [6.45, 7) is 4.32. The second-order valence-corrected chi connectivity index (χ2v) is 6.66. The number of hydrogen-bond donors (Lipinski definition) is 1. The van der Waals surface area contributed by atoms with Crippen LogP contribution >= 0.6 is 15.9 Å². The fourth-order valence-electron chi connectivity index (χ4n) is 1.17. The molecular weight excluding hydrogens is 306 g/mol. The smallest absolute Gasteiger partial charge is 0.240 e. The van der Waals surface area contributed by atoms with Crippen LogP contribution in [0.4, 0.5) is 0 Å². The summed E-state index contributed by atoms with van der Waals surface area (Å²) in [6, 6.07) is 4.67. The third kappa shape index (κ3) is 3.97. The van der Waals surface area contributed by atoms with Gasteiger partial charge in [-0.05, 0) is 40.0 Å². The highest BCUT2D eigenvalue weighted by Crippen LogP contribution is 2.27. The van der Waals surface area contributed by atoms with E-state index in [4.69, 9.17) is 4.74 Å². The van der Waals surface area contributed by atoms with Crippen molar-refractivity contribution in [3.05, 3.63) is 22.7 Å². The summed E-state index contributed by atoms with van der Waals surface area (Å²) >= 11 is 3.26. The normalized spacial score (nSPS) is 11.8. The Bertz CT molecular complexity index is 485. The van der Waals surface area contributed by atoms with Crippen molar-refractivity contribution in [1.82, 2.24) is 4.72 Å². The predicted molar refractivity (Wildman–Crippen MR) is 70.7 cm³/mol. The van der Waals surface area contributed by atoms with Gasteiger partial charge < -0.3 is 4.74 Å². The van der Waals surface area contributed by atoms with Gasteiger partial charge in [0.15, 0.2) is 0 Å². The van der Waals surface area contributed by atoms with Gasteiger partial charge in [-0.15, -0.1) is 0 Å². The van der Waals surface area contributed by atoms with Gasteiger partial charge in [-0.1, -0.05) is 13.8 Å². The zero-order valence-corrected chi connectivity index (χ0v) is 12.4. The molecule has 0 aliphatic heterocycles. The Morgan fingerprint density at radius 1 is 1.41 bits per heavy atom. The molecule has 0 bridgehead atoms.